The van der Waals surface area contributed by atoms with Crippen molar-refractivity contribution in [2.45, 2.75) is 6.10 Å². The number of rotatable bonds is 5. The molecule has 2 N–H and O–H groups in total. The van der Waals surface area contributed by atoms with Crippen LogP contribution < -0.4 is 25.3 Å². The molecule has 0 bridgehead atoms. The summed E-state index contributed by atoms with van der Waals surface area (Å²) in [7, 11) is 1.76. The molecule has 1 amide bonds. The summed E-state index contributed by atoms with van der Waals surface area (Å²) in [6, 6.07) is 18.7. The third-order valence-corrected chi connectivity index (χ3v) is 5.87. The second-order valence-corrected chi connectivity index (χ2v) is 7.81. The highest BCUT2D eigenvalue weighted by Crippen LogP contribution is 2.26. The van der Waals surface area contributed by atoms with Crippen molar-refractivity contribution in [2.75, 3.05) is 61.0 Å². The smallest absolute Gasteiger partial charge is 0.414 e. The molecule has 158 valence electrons. The maximum absolute atomic E-state index is 12.3. The van der Waals surface area contributed by atoms with Gasteiger partial charge in [0, 0.05) is 50.3 Å². The van der Waals surface area contributed by atoms with Crippen LogP contribution >= 0.6 is 12.2 Å². The van der Waals surface area contributed by atoms with Crippen LogP contribution in [-0.2, 0) is 4.74 Å². The number of para-hydroxylation sites is 1. The van der Waals surface area contributed by atoms with Crippen molar-refractivity contribution in [2.24, 2.45) is 0 Å². The van der Waals surface area contributed by atoms with Gasteiger partial charge in [0.05, 0.1) is 13.1 Å². The van der Waals surface area contributed by atoms with Crippen molar-refractivity contribution < 1.29 is 9.53 Å². The van der Waals surface area contributed by atoms with Gasteiger partial charge in [-0.05, 0) is 48.6 Å². The van der Waals surface area contributed by atoms with Crippen LogP contribution in [0.5, 0.6) is 0 Å². The van der Waals surface area contributed by atoms with Gasteiger partial charge in [-0.25, -0.2) is 4.79 Å². The summed E-state index contributed by atoms with van der Waals surface area (Å²) in [4.78, 5) is 18.7. The summed E-state index contributed by atoms with van der Waals surface area (Å²) in [6.07, 6.45) is -0.545. The molecule has 8 heteroatoms. The normalized spacial score (nSPS) is 18.9. The van der Waals surface area contributed by atoms with Crippen molar-refractivity contribution in [3.8, 4) is 0 Å². The highest BCUT2D eigenvalue weighted by atomic mass is 32.1. The van der Waals surface area contributed by atoms with E-state index < -0.39 is 0 Å². The lowest BCUT2D eigenvalue weighted by Crippen LogP contribution is -2.46. The summed E-state index contributed by atoms with van der Waals surface area (Å²) >= 11 is 5.07. The molecular formula is C22H27N5O2S. The fourth-order valence-corrected chi connectivity index (χ4v) is 3.92. The molecule has 2 aliphatic rings. The molecule has 2 aliphatic heterocycles. The Morgan fingerprint density at radius 1 is 0.967 bits per heavy atom. The Balaban J connectivity index is 1.32. The van der Waals surface area contributed by atoms with E-state index in [1.807, 2.05) is 18.2 Å². The van der Waals surface area contributed by atoms with E-state index in [1.54, 1.807) is 11.9 Å². The first kappa shape index (κ1) is 20.3. The topological polar surface area (TPSA) is 60.1 Å². The Hall–Kier alpha value is -3.00. The number of piperazine rings is 1. The highest BCUT2D eigenvalue weighted by Gasteiger charge is 2.32. The second kappa shape index (κ2) is 9.21. The van der Waals surface area contributed by atoms with Crippen molar-refractivity contribution in [1.82, 2.24) is 10.6 Å². The van der Waals surface area contributed by atoms with Crippen molar-refractivity contribution in [3.05, 3.63) is 54.6 Å². The molecule has 4 rings (SSSR count). The van der Waals surface area contributed by atoms with E-state index in [1.165, 1.54) is 11.4 Å². The van der Waals surface area contributed by atoms with Gasteiger partial charge in [0.1, 0.15) is 6.10 Å². The van der Waals surface area contributed by atoms with Crippen molar-refractivity contribution >= 4 is 40.5 Å². The zero-order chi connectivity index (χ0) is 20.9. The molecule has 2 heterocycles. The quantitative estimate of drug-likeness (QED) is 0.714. The third kappa shape index (κ3) is 4.59. The predicted octanol–water partition coefficient (Wildman–Crippen LogP) is 2.43. The van der Waals surface area contributed by atoms with Gasteiger partial charge in [-0.15, -0.1) is 0 Å². The van der Waals surface area contributed by atoms with Crippen LogP contribution in [0.1, 0.15) is 0 Å². The summed E-state index contributed by atoms with van der Waals surface area (Å²) in [5, 5.41) is 6.43. The first-order valence-corrected chi connectivity index (χ1v) is 10.6. The van der Waals surface area contributed by atoms with E-state index in [4.69, 9.17) is 17.0 Å². The maximum atomic E-state index is 12.3. The number of anilines is 3. The number of ether oxygens (including phenoxy) is 1. The van der Waals surface area contributed by atoms with Gasteiger partial charge in [0.2, 0.25) is 0 Å². The van der Waals surface area contributed by atoms with Crippen LogP contribution in [-0.4, -0.2) is 63.6 Å². The Bertz CT molecular complexity index is 869. The molecule has 0 unspecified atom stereocenters. The number of nitrogens with zero attached hydrogens (tertiary/aromatic N) is 3. The number of benzene rings is 2. The Morgan fingerprint density at radius 3 is 2.13 bits per heavy atom. The fourth-order valence-electron chi connectivity index (χ4n) is 3.84. The number of thiocarbonyl (C=S) groups is 1. The largest absolute Gasteiger partial charge is 0.442 e. The first-order chi connectivity index (χ1) is 14.6. The standard InChI is InChI=1S/C22H27N5O2S/c1-23-21(30)24-15-20-16-27(22(28)29-20)19-9-7-18(8-10-19)26-13-11-25(12-14-26)17-5-3-2-4-6-17/h2-10,20H,11-16H2,1H3,(H2,23,24,30)/t20-/m0/s1. The van der Waals surface area contributed by atoms with Crippen LogP contribution in [0.15, 0.2) is 54.6 Å². The SMILES string of the molecule is CNC(=S)NC[C@H]1CN(c2ccc(N3CCN(c4ccccc4)CC3)cc2)C(=O)O1. The summed E-state index contributed by atoms with van der Waals surface area (Å²) in [5.41, 5.74) is 3.31. The molecule has 2 aromatic carbocycles. The van der Waals surface area contributed by atoms with E-state index in [0.29, 0.717) is 18.2 Å². The molecule has 0 aliphatic carbocycles. The number of hydrogen-bond donors (Lipinski definition) is 2. The molecule has 2 saturated heterocycles. The van der Waals surface area contributed by atoms with Gasteiger partial charge in [0.25, 0.3) is 0 Å². The van der Waals surface area contributed by atoms with E-state index in [-0.39, 0.29) is 12.2 Å². The van der Waals surface area contributed by atoms with Crippen LogP contribution in [0.25, 0.3) is 0 Å². The number of cyclic esters (lactones) is 1. The second-order valence-electron chi connectivity index (χ2n) is 7.40. The van der Waals surface area contributed by atoms with Gasteiger partial charge < -0.3 is 25.2 Å². The minimum absolute atomic E-state index is 0.227. The number of hydrogen-bond acceptors (Lipinski definition) is 5. The molecule has 0 aromatic heterocycles. The lowest BCUT2D eigenvalue weighted by molar-refractivity contribution is 0.143. The van der Waals surface area contributed by atoms with Crippen LogP contribution in [0, 0.1) is 0 Å². The van der Waals surface area contributed by atoms with E-state index in [9.17, 15) is 4.79 Å². The summed E-state index contributed by atoms with van der Waals surface area (Å²) in [6.45, 7) is 4.93. The fraction of sp³-hybridized carbons (Fsp3) is 0.364. The number of amides is 1. The predicted molar refractivity (Wildman–Crippen MR) is 125 cm³/mol. The summed E-state index contributed by atoms with van der Waals surface area (Å²) in [5.74, 6) is 0. The number of carbonyl (C=O) groups is 1. The van der Waals surface area contributed by atoms with Gasteiger partial charge in [-0.3, -0.25) is 4.90 Å². The van der Waals surface area contributed by atoms with E-state index in [0.717, 1.165) is 31.9 Å². The average Bonchev–Trinajstić information content (AvgIpc) is 3.18. The van der Waals surface area contributed by atoms with E-state index >= 15 is 0 Å². The highest BCUT2D eigenvalue weighted by molar-refractivity contribution is 7.80. The Kier molecular flexibility index (Phi) is 6.23. The number of carbonyl (C=O) groups excluding carboxylic acids is 1. The molecule has 30 heavy (non-hydrogen) atoms. The average molecular weight is 426 g/mol. The third-order valence-electron chi connectivity index (χ3n) is 5.52. The van der Waals surface area contributed by atoms with E-state index in [2.05, 4.69) is 56.8 Å². The monoisotopic (exact) mass is 425 g/mol. The van der Waals surface area contributed by atoms with Gasteiger partial charge in [0.15, 0.2) is 5.11 Å². The zero-order valence-corrected chi connectivity index (χ0v) is 17.9. The number of nitrogens with one attached hydrogen (secondary N) is 2. The molecule has 0 spiro atoms. The molecule has 2 aromatic rings. The van der Waals surface area contributed by atoms with Crippen LogP contribution in [0.3, 0.4) is 0 Å². The van der Waals surface area contributed by atoms with Gasteiger partial charge in [-0.2, -0.15) is 0 Å². The minimum Gasteiger partial charge on any atom is -0.442 e. The lowest BCUT2D eigenvalue weighted by Gasteiger charge is -2.37. The minimum atomic E-state index is -0.318. The molecule has 7 nitrogen and oxygen atoms in total. The lowest BCUT2D eigenvalue weighted by atomic mass is 10.2. The first-order valence-electron chi connectivity index (χ1n) is 10.2. The maximum Gasteiger partial charge on any atom is 0.414 e. The Labute approximate surface area is 182 Å². The molecular weight excluding hydrogens is 398 g/mol. The molecule has 2 fully saturated rings. The van der Waals surface area contributed by atoms with Gasteiger partial charge in [-0.1, -0.05) is 18.2 Å². The summed E-state index contributed by atoms with van der Waals surface area (Å²) < 4.78 is 5.44. The zero-order valence-electron chi connectivity index (χ0n) is 17.1. The van der Waals surface area contributed by atoms with Crippen molar-refractivity contribution in [1.29, 1.82) is 0 Å². The van der Waals surface area contributed by atoms with Crippen molar-refractivity contribution in [3.63, 3.8) is 0 Å². The van der Waals surface area contributed by atoms with Crippen LogP contribution in [0.2, 0.25) is 0 Å². The molecule has 1 atom stereocenters. The Morgan fingerprint density at radius 2 is 1.53 bits per heavy atom. The van der Waals surface area contributed by atoms with Gasteiger partial charge >= 0.3 is 6.09 Å². The molecule has 0 saturated carbocycles. The molecule has 0 radical (unpaired) electrons. The van der Waals surface area contributed by atoms with Crippen LogP contribution in [0.4, 0.5) is 21.9 Å².